The lowest BCUT2D eigenvalue weighted by Crippen LogP contribution is -2.26. The molecule has 0 bridgehead atoms. The molecule has 0 amide bonds. The quantitative estimate of drug-likeness (QED) is 0.858. The topological polar surface area (TPSA) is 35.2 Å². The minimum atomic E-state index is -0.299. The molecule has 2 N–H and O–H groups in total. The molecule has 1 aliphatic carbocycles. The fourth-order valence-corrected chi connectivity index (χ4v) is 2.80. The van der Waals surface area contributed by atoms with Gasteiger partial charge < -0.3 is 10.5 Å². The standard InChI is InChI=1S/C16H22FNOS/c1-10-3-6-14(7-11(10)2)19-9-13-5-4-12(16(18)20)8-15(13)17/h4-5,8,10-11,14H,3,6-7,9H2,1-2H3,(H2,18,20). The molecule has 20 heavy (non-hydrogen) atoms. The zero-order valence-electron chi connectivity index (χ0n) is 12.1. The third-order valence-corrected chi connectivity index (χ3v) is 4.60. The second-order valence-electron chi connectivity index (χ2n) is 5.87. The maximum absolute atomic E-state index is 13.9. The summed E-state index contributed by atoms with van der Waals surface area (Å²) in [7, 11) is 0. The molecule has 1 fully saturated rings. The molecule has 2 rings (SSSR count). The molecule has 0 heterocycles. The number of halogens is 1. The van der Waals surface area contributed by atoms with Crippen molar-refractivity contribution in [3.63, 3.8) is 0 Å². The molecule has 110 valence electrons. The molecule has 1 aromatic carbocycles. The first kappa shape index (κ1) is 15.4. The van der Waals surface area contributed by atoms with Crippen LogP contribution < -0.4 is 5.73 Å². The number of thiocarbonyl (C=S) groups is 1. The van der Waals surface area contributed by atoms with E-state index in [1.807, 2.05) is 0 Å². The van der Waals surface area contributed by atoms with Gasteiger partial charge >= 0.3 is 0 Å². The van der Waals surface area contributed by atoms with E-state index in [2.05, 4.69) is 13.8 Å². The maximum atomic E-state index is 13.9. The van der Waals surface area contributed by atoms with E-state index in [-0.39, 0.29) is 16.9 Å². The van der Waals surface area contributed by atoms with Gasteiger partial charge in [0.25, 0.3) is 0 Å². The minimum absolute atomic E-state index is 0.214. The van der Waals surface area contributed by atoms with E-state index < -0.39 is 0 Å². The Labute approximate surface area is 125 Å². The summed E-state index contributed by atoms with van der Waals surface area (Å²) < 4.78 is 19.8. The SMILES string of the molecule is CC1CCC(OCc2ccc(C(N)=S)cc2F)CC1C. The van der Waals surface area contributed by atoms with Gasteiger partial charge in [-0.3, -0.25) is 0 Å². The van der Waals surface area contributed by atoms with Crippen LogP contribution in [0.1, 0.15) is 44.2 Å². The van der Waals surface area contributed by atoms with Crippen LogP contribution in [0, 0.1) is 17.7 Å². The average molecular weight is 295 g/mol. The zero-order valence-corrected chi connectivity index (χ0v) is 12.9. The number of hydrogen-bond acceptors (Lipinski definition) is 2. The van der Waals surface area contributed by atoms with Gasteiger partial charge in [-0.15, -0.1) is 0 Å². The molecule has 4 heteroatoms. The van der Waals surface area contributed by atoms with Crippen molar-refractivity contribution in [2.45, 2.75) is 45.8 Å². The summed E-state index contributed by atoms with van der Waals surface area (Å²) in [6, 6.07) is 4.83. The first-order chi connectivity index (χ1) is 9.47. The highest BCUT2D eigenvalue weighted by Crippen LogP contribution is 2.31. The smallest absolute Gasteiger partial charge is 0.129 e. The summed E-state index contributed by atoms with van der Waals surface area (Å²) in [6.45, 7) is 4.86. The van der Waals surface area contributed by atoms with Crippen LogP contribution in [0.15, 0.2) is 18.2 Å². The van der Waals surface area contributed by atoms with Crippen molar-refractivity contribution in [1.82, 2.24) is 0 Å². The van der Waals surface area contributed by atoms with Crippen molar-refractivity contribution in [2.75, 3.05) is 0 Å². The lowest BCUT2D eigenvalue weighted by Gasteiger charge is -2.32. The number of nitrogens with two attached hydrogens (primary N) is 1. The van der Waals surface area contributed by atoms with Gasteiger partial charge in [-0.25, -0.2) is 4.39 Å². The van der Waals surface area contributed by atoms with Crippen molar-refractivity contribution in [3.8, 4) is 0 Å². The lowest BCUT2D eigenvalue weighted by molar-refractivity contribution is -0.00845. The Balaban J connectivity index is 1.93. The molecule has 0 aromatic heterocycles. The second kappa shape index (κ2) is 6.64. The number of benzene rings is 1. The Bertz CT molecular complexity index is 491. The van der Waals surface area contributed by atoms with Gasteiger partial charge in [0.05, 0.1) is 12.7 Å². The summed E-state index contributed by atoms with van der Waals surface area (Å²) >= 11 is 4.84. The van der Waals surface area contributed by atoms with Crippen molar-refractivity contribution in [2.24, 2.45) is 17.6 Å². The minimum Gasteiger partial charge on any atom is -0.389 e. The fraction of sp³-hybridized carbons (Fsp3) is 0.562. The summed E-state index contributed by atoms with van der Waals surface area (Å²) in [5, 5.41) is 0. The van der Waals surface area contributed by atoms with Crippen LogP contribution in [0.4, 0.5) is 4.39 Å². The second-order valence-corrected chi connectivity index (χ2v) is 6.31. The zero-order chi connectivity index (χ0) is 14.7. The summed E-state index contributed by atoms with van der Waals surface area (Å²) in [5.41, 5.74) is 6.61. The first-order valence-electron chi connectivity index (χ1n) is 7.17. The Kier molecular flexibility index (Phi) is 5.11. The van der Waals surface area contributed by atoms with E-state index in [1.165, 1.54) is 12.5 Å². The molecule has 2 nitrogen and oxygen atoms in total. The predicted octanol–water partition coefficient (Wildman–Crippen LogP) is 3.80. The van der Waals surface area contributed by atoms with Crippen LogP contribution in [-0.2, 0) is 11.3 Å². The van der Waals surface area contributed by atoms with Gasteiger partial charge in [-0.05, 0) is 37.2 Å². The molecule has 1 aliphatic rings. The largest absolute Gasteiger partial charge is 0.389 e. The van der Waals surface area contributed by atoms with Gasteiger partial charge in [0, 0.05) is 11.1 Å². The van der Waals surface area contributed by atoms with Crippen molar-refractivity contribution in [1.29, 1.82) is 0 Å². The Morgan fingerprint density at radius 2 is 2.10 bits per heavy atom. The fourth-order valence-electron chi connectivity index (χ4n) is 2.67. The monoisotopic (exact) mass is 295 g/mol. The number of rotatable bonds is 4. The number of hydrogen-bond donors (Lipinski definition) is 1. The molecular weight excluding hydrogens is 273 g/mol. The van der Waals surface area contributed by atoms with Crippen LogP contribution in [0.2, 0.25) is 0 Å². The van der Waals surface area contributed by atoms with Crippen LogP contribution in [0.3, 0.4) is 0 Å². The van der Waals surface area contributed by atoms with Gasteiger partial charge in [0.2, 0.25) is 0 Å². The molecule has 0 radical (unpaired) electrons. The van der Waals surface area contributed by atoms with Gasteiger partial charge in [-0.1, -0.05) is 38.2 Å². The normalized spacial score (nSPS) is 26.4. The highest BCUT2D eigenvalue weighted by Gasteiger charge is 2.25. The van der Waals surface area contributed by atoms with Crippen LogP contribution in [0.25, 0.3) is 0 Å². The third-order valence-electron chi connectivity index (χ3n) is 4.36. The van der Waals surface area contributed by atoms with Crippen molar-refractivity contribution >= 4 is 17.2 Å². The average Bonchev–Trinajstić information content (AvgIpc) is 2.41. The van der Waals surface area contributed by atoms with Gasteiger partial charge in [0.15, 0.2) is 0 Å². The van der Waals surface area contributed by atoms with Gasteiger partial charge in [-0.2, -0.15) is 0 Å². The summed E-state index contributed by atoms with van der Waals surface area (Å²) in [5.74, 6) is 1.14. The lowest BCUT2D eigenvalue weighted by atomic mass is 9.80. The van der Waals surface area contributed by atoms with E-state index in [1.54, 1.807) is 12.1 Å². The summed E-state index contributed by atoms with van der Waals surface area (Å²) in [6.07, 6.45) is 3.57. The third kappa shape index (κ3) is 3.76. The Morgan fingerprint density at radius 3 is 2.70 bits per heavy atom. The molecule has 0 spiro atoms. The molecule has 0 saturated heterocycles. The van der Waals surface area contributed by atoms with E-state index in [4.69, 9.17) is 22.7 Å². The Hall–Kier alpha value is -1.00. The summed E-state index contributed by atoms with van der Waals surface area (Å²) in [4.78, 5) is 0.214. The highest BCUT2D eigenvalue weighted by atomic mass is 32.1. The highest BCUT2D eigenvalue weighted by molar-refractivity contribution is 7.80. The molecule has 1 aromatic rings. The van der Waals surface area contributed by atoms with E-state index >= 15 is 0 Å². The molecule has 3 atom stereocenters. The maximum Gasteiger partial charge on any atom is 0.129 e. The Morgan fingerprint density at radius 1 is 1.35 bits per heavy atom. The van der Waals surface area contributed by atoms with Crippen LogP contribution in [0.5, 0.6) is 0 Å². The number of ether oxygens (including phenoxy) is 1. The van der Waals surface area contributed by atoms with Gasteiger partial charge in [0.1, 0.15) is 10.8 Å². The van der Waals surface area contributed by atoms with E-state index in [0.717, 1.165) is 18.8 Å². The first-order valence-corrected chi connectivity index (χ1v) is 7.58. The van der Waals surface area contributed by atoms with Crippen molar-refractivity contribution in [3.05, 3.63) is 35.1 Å². The van der Waals surface area contributed by atoms with Crippen molar-refractivity contribution < 1.29 is 9.13 Å². The predicted molar refractivity (Wildman–Crippen MR) is 83.0 cm³/mol. The molecule has 1 saturated carbocycles. The molecule has 3 unspecified atom stereocenters. The van der Waals surface area contributed by atoms with E-state index in [9.17, 15) is 4.39 Å². The van der Waals surface area contributed by atoms with Crippen LogP contribution in [-0.4, -0.2) is 11.1 Å². The van der Waals surface area contributed by atoms with Crippen LogP contribution >= 0.6 is 12.2 Å². The molecular formula is C16H22FNOS. The molecule has 0 aliphatic heterocycles. The van der Waals surface area contributed by atoms with E-state index in [0.29, 0.717) is 23.7 Å².